The van der Waals surface area contributed by atoms with Gasteiger partial charge in [-0.2, -0.15) is 0 Å². The maximum atomic E-state index is 11.0. The number of methoxy groups -OCH3 is 1. The first kappa shape index (κ1) is 11.2. The van der Waals surface area contributed by atoms with E-state index < -0.39 is 6.09 Å². The van der Waals surface area contributed by atoms with Crippen LogP contribution in [0.4, 0.5) is 4.79 Å². The van der Waals surface area contributed by atoms with Gasteiger partial charge in [0.05, 0.1) is 7.11 Å². The third kappa shape index (κ3) is 3.42. The number of amides is 2. The Morgan fingerprint density at radius 2 is 2.07 bits per heavy atom. The molecule has 0 aliphatic rings. The van der Waals surface area contributed by atoms with E-state index >= 15 is 0 Å². The van der Waals surface area contributed by atoms with Crippen molar-refractivity contribution in [3.05, 3.63) is 35.9 Å². The van der Waals surface area contributed by atoms with E-state index in [1.54, 1.807) is 0 Å². The summed E-state index contributed by atoms with van der Waals surface area (Å²) in [6.45, 7) is 0.334. The molecule has 2 amide bonds. The largest absolute Gasteiger partial charge is 0.452 e. The molecular weight excluding hydrogens is 194 g/mol. The van der Waals surface area contributed by atoms with Crippen molar-refractivity contribution in [2.45, 2.75) is 6.42 Å². The fourth-order valence-electron chi connectivity index (χ4n) is 1.20. The van der Waals surface area contributed by atoms with Gasteiger partial charge in [-0.1, -0.05) is 30.3 Å². The van der Waals surface area contributed by atoms with Crippen molar-refractivity contribution in [3.8, 4) is 0 Å². The van der Waals surface area contributed by atoms with Gasteiger partial charge in [-0.05, 0) is 12.0 Å². The van der Waals surface area contributed by atoms with Crippen molar-refractivity contribution in [2.75, 3.05) is 13.7 Å². The second kappa shape index (κ2) is 5.80. The Hall–Kier alpha value is -1.84. The molecule has 15 heavy (non-hydrogen) atoms. The fourth-order valence-corrected chi connectivity index (χ4v) is 1.20. The number of carbonyl (C=O) groups is 2. The molecule has 1 aromatic carbocycles. The van der Waals surface area contributed by atoms with Gasteiger partial charge in [0.15, 0.2) is 0 Å². The van der Waals surface area contributed by atoms with Gasteiger partial charge in [0.1, 0.15) is 0 Å². The summed E-state index contributed by atoms with van der Waals surface area (Å²) in [6, 6.07) is 9.64. The molecule has 80 valence electrons. The highest BCUT2D eigenvalue weighted by atomic mass is 16.5. The van der Waals surface area contributed by atoms with E-state index in [2.05, 4.69) is 4.74 Å². The Morgan fingerprint density at radius 1 is 1.40 bits per heavy atom. The van der Waals surface area contributed by atoms with Gasteiger partial charge in [-0.3, -0.25) is 4.79 Å². The van der Waals surface area contributed by atoms with Crippen LogP contribution in [0.5, 0.6) is 0 Å². The van der Waals surface area contributed by atoms with Crippen LogP contribution in [0.25, 0.3) is 0 Å². The average molecular weight is 207 g/mol. The number of hydrogen-bond donors (Lipinski definition) is 0. The highest BCUT2D eigenvalue weighted by Gasteiger charge is 2.11. The number of benzene rings is 1. The molecule has 0 fully saturated rings. The minimum atomic E-state index is -0.624. The second-order valence-corrected chi connectivity index (χ2v) is 3.00. The molecule has 0 aromatic heterocycles. The summed E-state index contributed by atoms with van der Waals surface area (Å²) in [5.41, 5.74) is 1.08. The minimum Gasteiger partial charge on any atom is -0.452 e. The highest BCUT2D eigenvalue weighted by Crippen LogP contribution is 2.01. The van der Waals surface area contributed by atoms with Gasteiger partial charge in [-0.25, -0.2) is 9.69 Å². The molecule has 0 heterocycles. The molecule has 1 rings (SSSR count). The number of hydrogen-bond acceptors (Lipinski definition) is 3. The molecule has 4 heteroatoms. The first-order valence-corrected chi connectivity index (χ1v) is 4.61. The molecule has 0 aliphatic carbocycles. The summed E-state index contributed by atoms with van der Waals surface area (Å²) in [6.07, 6.45) is 0.490. The van der Waals surface area contributed by atoms with Crippen LogP contribution in [-0.4, -0.2) is 31.1 Å². The summed E-state index contributed by atoms with van der Waals surface area (Å²) < 4.78 is 4.45. The lowest BCUT2D eigenvalue weighted by molar-refractivity contribution is -0.116. The normalized spacial score (nSPS) is 9.40. The monoisotopic (exact) mass is 207 g/mol. The Kier molecular flexibility index (Phi) is 4.34. The van der Waals surface area contributed by atoms with E-state index in [1.165, 1.54) is 7.11 Å². The molecular formula is C11H13NO3. The Bertz CT molecular complexity index is 324. The molecule has 0 unspecified atom stereocenters. The fraction of sp³-hybridized carbons (Fsp3) is 0.273. The summed E-state index contributed by atoms with van der Waals surface area (Å²) >= 11 is 0. The number of carbonyl (C=O) groups excluding carboxylic acids is 2. The molecule has 0 saturated carbocycles. The van der Waals surface area contributed by atoms with E-state index in [0.717, 1.165) is 10.5 Å². The number of ether oxygens (including phenoxy) is 1. The van der Waals surface area contributed by atoms with Gasteiger partial charge in [0, 0.05) is 6.54 Å². The van der Waals surface area contributed by atoms with Crippen molar-refractivity contribution < 1.29 is 14.3 Å². The number of rotatable bonds is 4. The van der Waals surface area contributed by atoms with Crippen molar-refractivity contribution in [1.29, 1.82) is 0 Å². The molecule has 0 atom stereocenters. The molecule has 0 saturated heterocycles. The molecule has 0 N–H and O–H groups in total. The van der Waals surface area contributed by atoms with Crippen LogP contribution in [0.2, 0.25) is 0 Å². The van der Waals surface area contributed by atoms with Gasteiger partial charge in [-0.15, -0.1) is 0 Å². The van der Waals surface area contributed by atoms with E-state index in [0.29, 0.717) is 19.4 Å². The van der Waals surface area contributed by atoms with Gasteiger partial charge >= 0.3 is 6.09 Å². The lowest BCUT2D eigenvalue weighted by Gasteiger charge is -2.13. The zero-order valence-electron chi connectivity index (χ0n) is 8.55. The van der Waals surface area contributed by atoms with Crippen LogP contribution in [0.15, 0.2) is 30.3 Å². The summed E-state index contributed by atoms with van der Waals surface area (Å²) in [5, 5.41) is 0. The average Bonchev–Trinajstić information content (AvgIpc) is 2.31. The quantitative estimate of drug-likeness (QED) is 0.702. The first-order valence-electron chi connectivity index (χ1n) is 4.61. The predicted octanol–water partition coefficient (Wildman–Crippen LogP) is 1.45. The van der Waals surface area contributed by atoms with Crippen molar-refractivity contribution >= 4 is 12.5 Å². The molecule has 0 radical (unpaired) electrons. The molecule has 4 nitrogen and oxygen atoms in total. The smallest absolute Gasteiger partial charge is 0.416 e. The number of nitrogens with zero attached hydrogens (tertiary/aromatic N) is 1. The lowest BCUT2D eigenvalue weighted by Crippen LogP contribution is -2.31. The predicted molar refractivity (Wildman–Crippen MR) is 55.3 cm³/mol. The van der Waals surface area contributed by atoms with Crippen LogP contribution in [0.1, 0.15) is 5.56 Å². The van der Waals surface area contributed by atoms with E-state index in [4.69, 9.17) is 0 Å². The summed E-state index contributed by atoms with van der Waals surface area (Å²) in [5.74, 6) is 0. The Balaban J connectivity index is 2.48. The molecule has 0 aliphatic heterocycles. The molecule has 1 aromatic rings. The zero-order valence-corrected chi connectivity index (χ0v) is 8.55. The second-order valence-electron chi connectivity index (χ2n) is 3.00. The van der Waals surface area contributed by atoms with Crippen molar-refractivity contribution in [1.82, 2.24) is 4.90 Å². The van der Waals surface area contributed by atoms with Crippen LogP contribution >= 0.6 is 0 Å². The van der Waals surface area contributed by atoms with Crippen LogP contribution in [0.3, 0.4) is 0 Å². The van der Waals surface area contributed by atoms with E-state index in [9.17, 15) is 9.59 Å². The van der Waals surface area contributed by atoms with E-state index in [-0.39, 0.29) is 0 Å². The number of imide groups is 1. The van der Waals surface area contributed by atoms with Crippen LogP contribution in [0, 0.1) is 0 Å². The maximum absolute atomic E-state index is 11.0. The summed E-state index contributed by atoms with van der Waals surface area (Å²) in [4.78, 5) is 22.6. The van der Waals surface area contributed by atoms with Crippen molar-refractivity contribution in [2.24, 2.45) is 0 Å². The molecule has 0 spiro atoms. The third-order valence-electron chi connectivity index (χ3n) is 2.02. The minimum absolute atomic E-state index is 0.334. The highest BCUT2D eigenvalue weighted by molar-refractivity contribution is 5.80. The first-order chi connectivity index (χ1) is 7.27. The standard InChI is InChI=1S/C11H13NO3/c1-15-11(14)12(9-13)8-7-10-5-3-2-4-6-10/h2-6,9H,7-8H2,1H3. The molecule has 0 bridgehead atoms. The van der Waals surface area contributed by atoms with Gasteiger partial charge < -0.3 is 4.74 Å². The Labute approximate surface area is 88.5 Å². The maximum Gasteiger partial charge on any atom is 0.416 e. The van der Waals surface area contributed by atoms with Gasteiger partial charge in [0.2, 0.25) is 6.41 Å². The summed E-state index contributed by atoms with van der Waals surface area (Å²) in [7, 11) is 1.25. The third-order valence-corrected chi connectivity index (χ3v) is 2.02. The van der Waals surface area contributed by atoms with Crippen LogP contribution in [-0.2, 0) is 16.0 Å². The van der Waals surface area contributed by atoms with E-state index in [1.807, 2.05) is 30.3 Å². The topological polar surface area (TPSA) is 46.6 Å². The lowest BCUT2D eigenvalue weighted by atomic mass is 10.1. The SMILES string of the molecule is COC(=O)N(C=O)CCc1ccccc1. The van der Waals surface area contributed by atoms with Crippen molar-refractivity contribution in [3.63, 3.8) is 0 Å². The Morgan fingerprint density at radius 3 is 2.60 bits per heavy atom. The van der Waals surface area contributed by atoms with Crippen LogP contribution < -0.4 is 0 Å². The van der Waals surface area contributed by atoms with Gasteiger partial charge in [0.25, 0.3) is 0 Å². The zero-order chi connectivity index (χ0) is 11.1.